The van der Waals surface area contributed by atoms with Gasteiger partial charge in [-0.1, -0.05) is 30.3 Å². The summed E-state index contributed by atoms with van der Waals surface area (Å²) in [5.74, 6) is -0.875. The van der Waals surface area contributed by atoms with Crippen molar-refractivity contribution in [3.63, 3.8) is 0 Å². The van der Waals surface area contributed by atoms with Crippen molar-refractivity contribution >= 4 is 11.8 Å². The van der Waals surface area contributed by atoms with Gasteiger partial charge in [0.1, 0.15) is 5.60 Å². The third-order valence-corrected chi connectivity index (χ3v) is 2.89. The molecule has 0 aliphatic rings. The molecule has 116 valence electrons. The summed E-state index contributed by atoms with van der Waals surface area (Å²) in [5.41, 5.74) is -1.40. The van der Waals surface area contributed by atoms with Crippen LogP contribution in [0.3, 0.4) is 0 Å². The van der Waals surface area contributed by atoms with Gasteiger partial charge in [0.2, 0.25) is 0 Å². The molecular weight excluding hydrogens is 278 g/mol. The lowest BCUT2D eigenvalue weighted by Gasteiger charge is -2.27. The van der Waals surface area contributed by atoms with Gasteiger partial charge in [-0.15, -0.1) is 0 Å². The molecule has 4 nitrogen and oxygen atoms in total. The Morgan fingerprint density at radius 3 is 2.27 bits per heavy atom. The molecule has 22 heavy (non-hydrogen) atoms. The fourth-order valence-corrected chi connectivity index (χ4v) is 1.87. The van der Waals surface area contributed by atoms with Gasteiger partial charge in [0, 0.05) is 6.42 Å². The number of carbonyl (C=O) groups is 2. The zero-order valence-corrected chi connectivity index (χ0v) is 13.4. The van der Waals surface area contributed by atoms with Crippen molar-refractivity contribution in [3.05, 3.63) is 48.0 Å². The highest BCUT2D eigenvalue weighted by atomic mass is 16.6. The molecule has 0 radical (unpaired) electrons. The van der Waals surface area contributed by atoms with Crippen molar-refractivity contribution < 1.29 is 14.3 Å². The van der Waals surface area contributed by atoms with Crippen LogP contribution in [0.25, 0.3) is 0 Å². The molecule has 1 aromatic carbocycles. The minimum atomic E-state index is -1.51. The smallest absolute Gasteiger partial charge is 0.331 e. The molecule has 0 amide bonds. The Bertz CT molecular complexity index is 605. The van der Waals surface area contributed by atoms with Crippen LogP contribution >= 0.6 is 0 Å². The largest absolute Gasteiger partial charge is 0.459 e. The topological polar surface area (TPSA) is 67.2 Å². The highest BCUT2D eigenvalue weighted by Crippen LogP contribution is 2.28. The maximum atomic E-state index is 12.5. The summed E-state index contributed by atoms with van der Waals surface area (Å²) in [6, 6.07) is 11.2. The molecule has 1 atom stereocenters. The maximum absolute atomic E-state index is 12.5. The number of esters is 1. The summed E-state index contributed by atoms with van der Waals surface area (Å²) < 4.78 is 5.37. The van der Waals surface area contributed by atoms with E-state index in [0.29, 0.717) is 0 Å². The molecule has 0 heterocycles. The number of ketones is 1. The minimum absolute atomic E-state index is 0.156. The molecule has 4 heteroatoms. The number of allylic oxidation sites excluding steroid dienone is 1. The number of benzene rings is 1. The summed E-state index contributed by atoms with van der Waals surface area (Å²) in [4.78, 5) is 23.7. The van der Waals surface area contributed by atoms with Gasteiger partial charge in [-0.05, 0) is 45.4 Å². The van der Waals surface area contributed by atoms with E-state index < -0.39 is 17.0 Å². The predicted octanol–water partition coefficient (Wildman–Crippen LogP) is 3.23. The van der Waals surface area contributed by atoms with Crippen LogP contribution in [-0.4, -0.2) is 17.4 Å². The van der Waals surface area contributed by atoms with Crippen LogP contribution in [-0.2, 0) is 20.7 Å². The van der Waals surface area contributed by atoms with Crippen molar-refractivity contribution in [2.75, 3.05) is 0 Å². The first-order chi connectivity index (χ1) is 10.2. The van der Waals surface area contributed by atoms with Gasteiger partial charge in [-0.25, -0.2) is 4.79 Å². The van der Waals surface area contributed by atoms with E-state index in [2.05, 4.69) is 0 Å². The molecule has 1 rings (SSSR count). The molecule has 0 N–H and O–H groups in total. The number of ether oxygens (including phenoxy) is 1. The molecule has 0 unspecified atom stereocenters. The monoisotopic (exact) mass is 299 g/mol. The van der Waals surface area contributed by atoms with Crippen molar-refractivity contribution in [2.24, 2.45) is 5.41 Å². The predicted molar refractivity (Wildman–Crippen MR) is 83.9 cm³/mol. The van der Waals surface area contributed by atoms with Crippen LogP contribution in [0.2, 0.25) is 0 Å². The van der Waals surface area contributed by atoms with Crippen LogP contribution in [0.1, 0.15) is 33.3 Å². The van der Waals surface area contributed by atoms with E-state index in [1.54, 1.807) is 20.8 Å². The van der Waals surface area contributed by atoms with E-state index in [4.69, 9.17) is 4.74 Å². The summed E-state index contributed by atoms with van der Waals surface area (Å²) in [6.45, 7) is 6.59. The Morgan fingerprint density at radius 2 is 1.82 bits per heavy atom. The first-order valence-electron chi connectivity index (χ1n) is 7.07. The van der Waals surface area contributed by atoms with Gasteiger partial charge in [-0.2, -0.15) is 5.26 Å². The zero-order valence-electron chi connectivity index (χ0n) is 13.4. The second-order valence-electron chi connectivity index (χ2n) is 6.19. The molecule has 0 aromatic heterocycles. The fraction of sp³-hybridized carbons (Fsp3) is 0.389. The summed E-state index contributed by atoms with van der Waals surface area (Å²) >= 11 is 0. The molecule has 0 bridgehead atoms. The van der Waals surface area contributed by atoms with Crippen LogP contribution in [0.5, 0.6) is 0 Å². The Balaban J connectivity index is 3.21. The van der Waals surface area contributed by atoms with Crippen LogP contribution < -0.4 is 0 Å². The van der Waals surface area contributed by atoms with Crippen LogP contribution in [0, 0.1) is 16.7 Å². The highest BCUT2D eigenvalue weighted by Gasteiger charge is 2.40. The van der Waals surface area contributed by atoms with Crippen LogP contribution in [0.4, 0.5) is 0 Å². The summed E-state index contributed by atoms with van der Waals surface area (Å²) in [6.07, 6.45) is 2.75. The van der Waals surface area contributed by atoms with Gasteiger partial charge in [0.25, 0.3) is 0 Å². The van der Waals surface area contributed by atoms with E-state index in [0.717, 1.165) is 5.56 Å². The molecule has 0 aliphatic heterocycles. The van der Waals surface area contributed by atoms with Gasteiger partial charge in [0.15, 0.2) is 11.2 Å². The lowest BCUT2D eigenvalue weighted by atomic mass is 9.82. The normalized spacial score (nSPS) is 14.1. The Labute approximate surface area is 131 Å². The zero-order chi connectivity index (χ0) is 16.8. The molecule has 0 saturated heterocycles. The number of nitrogens with zero attached hydrogens (tertiary/aromatic N) is 1. The number of nitriles is 1. The van der Waals surface area contributed by atoms with Gasteiger partial charge < -0.3 is 4.74 Å². The van der Waals surface area contributed by atoms with Gasteiger partial charge in [0.05, 0.1) is 6.07 Å². The van der Waals surface area contributed by atoms with E-state index in [1.807, 2.05) is 36.4 Å². The Morgan fingerprint density at radius 1 is 1.23 bits per heavy atom. The minimum Gasteiger partial charge on any atom is -0.459 e. The van der Waals surface area contributed by atoms with E-state index in [1.165, 1.54) is 19.1 Å². The SMILES string of the molecule is CC(=O)/C=C\[C@](C#N)(Cc1ccccc1)C(=O)OC(C)(C)C. The maximum Gasteiger partial charge on any atom is 0.331 e. The average Bonchev–Trinajstić information content (AvgIpc) is 2.42. The molecular formula is C18H21NO3. The lowest BCUT2D eigenvalue weighted by molar-refractivity contribution is -0.161. The summed E-state index contributed by atoms with van der Waals surface area (Å²) in [5, 5.41) is 9.60. The highest BCUT2D eigenvalue weighted by molar-refractivity contribution is 5.90. The van der Waals surface area contributed by atoms with Gasteiger partial charge >= 0.3 is 5.97 Å². The third-order valence-electron chi connectivity index (χ3n) is 2.89. The standard InChI is InChI=1S/C18H21NO3/c1-14(20)10-11-18(13-19,16(21)22-17(2,3)4)12-15-8-6-5-7-9-15/h5-11H,12H2,1-4H3/b11-10-/t18-/m1/s1. The van der Waals surface area contributed by atoms with Crippen molar-refractivity contribution in [2.45, 2.75) is 39.7 Å². The Kier molecular flexibility index (Phi) is 5.64. The number of carbonyl (C=O) groups excluding carboxylic acids is 2. The molecule has 0 spiro atoms. The quantitative estimate of drug-likeness (QED) is 0.618. The van der Waals surface area contributed by atoms with E-state index in [9.17, 15) is 14.9 Å². The first kappa shape index (κ1) is 17.6. The Hall–Kier alpha value is -2.41. The number of hydrogen-bond acceptors (Lipinski definition) is 4. The molecule has 0 aliphatic carbocycles. The van der Waals surface area contributed by atoms with E-state index >= 15 is 0 Å². The second kappa shape index (κ2) is 7.04. The third kappa shape index (κ3) is 5.17. The lowest BCUT2D eigenvalue weighted by Crippen LogP contribution is -2.37. The molecule has 0 saturated carbocycles. The van der Waals surface area contributed by atoms with Crippen molar-refractivity contribution in [1.82, 2.24) is 0 Å². The van der Waals surface area contributed by atoms with Crippen LogP contribution in [0.15, 0.2) is 42.5 Å². The summed E-state index contributed by atoms with van der Waals surface area (Å²) in [7, 11) is 0. The van der Waals surface area contributed by atoms with Crippen molar-refractivity contribution in [3.8, 4) is 6.07 Å². The number of rotatable bonds is 5. The molecule has 1 aromatic rings. The van der Waals surface area contributed by atoms with Gasteiger partial charge in [-0.3, -0.25) is 4.79 Å². The van der Waals surface area contributed by atoms with Crippen molar-refractivity contribution in [1.29, 1.82) is 5.26 Å². The number of hydrogen-bond donors (Lipinski definition) is 0. The average molecular weight is 299 g/mol. The van der Waals surface area contributed by atoms with E-state index in [-0.39, 0.29) is 12.2 Å². The first-order valence-corrected chi connectivity index (χ1v) is 7.07. The molecule has 0 fully saturated rings. The fourth-order valence-electron chi connectivity index (χ4n) is 1.87. The second-order valence-corrected chi connectivity index (χ2v) is 6.19.